The zero-order valence-corrected chi connectivity index (χ0v) is 9.72. The van der Waals surface area contributed by atoms with Crippen LogP contribution in [-0.4, -0.2) is 34.2 Å². The van der Waals surface area contributed by atoms with E-state index in [0.29, 0.717) is 0 Å². The zero-order valence-electron chi connectivity index (χ0n) is 9.72. The van der Waals surface area contributed by atoms with E-state index in [9.17, 15) is 18.8 Å². The second-order valence-electron chi connectivity index (χ2n) is 3.81. The Labute approximate surface area is 103 Å². The molecule has 0 atom stereocenters. The Morgan fingerprint density at radius 1 is 1.06 bits per heavy atom. The average molecular weight is 250 g/mol. The molecule has 6 heteroatoms. The van der Waals surface area contributed by atoms with Gasteiger partial charge in [-0.1, -0.05) is 18.2 Å². The maximum Gasteiger partial charge on any atom is 0.334 e. The molecule has 0 saturated carbocycles. The van der Waals surface area contributed by atoms with Gasteiger partial charge < -0.3 is 0 Å². The fourth-order valence-electron chi connectivity index (χ4n) is 1.77. The lowest BCUT2D eigenvalue weighted by Gasteiger charge is -2.14. The predicted molar refractivity (Wildman–Crippen MR) is 59.7 cm³/mol. The standard InChI is InChI=1S/C12H11FN2O3/c1-2-14-10(16)11(17)15(12(14)18)7-8-5-3-4-6-9(8)13/h3-6H,2,7H2,1H3. The van der Waals surface area contributed by atoms with Crippen molar-refractivity contribution in [1.29, 1.82) is 0 Å². The van der Waals surface area contributed by atoms with Crippen molar-refractivity contribution in [3.05, 3.63) is 35.6 Å². The van der Waals surface area contributed by atoms with E-state index < -0.39 is 23.7 Å². The first-order valence-corrected chi connectivity index (χ1v) is 5.47. The van der Waals surface area contributed by atoms with Crippen LogP contribution < -0.4 is 0 Å². The molecule has 94 valence electrons. The molecule has 1 aliphatic rings. The molecule has 1 saturated heterocycles. The lowest BCUT2D eigenvalue weighted by Crippen LogP contribution is -2.33. The Morgan fingerprint density at radius 2 is 1.67 bits per heavy atom. The topological polar surface area (TPSA) is 57.7 Å². The van der Waals surface area contributed by atoms with E-state index in [1.807, 2.05) is 0 Å². The van der Waals surface area contributed by atoms with Crippen molar-refractivity contribution in [1.82, 2.24) is 9.80 Å². The van der Waals surface area contributed by atoms with E-state index in [1.54, 1.807) is 13.0 Å². The van der Waals surface area contributed by atoms with Crippen molar-refractivity contribution in [2.75, 3.05) is 6.54 Å². The number of carbonyl (C=O) groups is 3. The van der Waals surface area contributed by atoms with Crippen molar-refractivity contribution in [3.8, 4) is 0 Å². The number of halogens is 1. The fraction of sp³-hybridized carbons (Fsp3) is 0.250. The van der Waals surface area contributed by atoms with Crippen LogP contribution in [0.3, 0.4) is 0 Å². The van der Waals surface area contributed by atoms with Gasteiger partial charge in [0, 0.05) is 12.1 Å². The van der Waals surface area contributed by atoms with Crippen LogP contribution >= 0.6 is 0 Å². The zero-order chi connectivity index (χ0) is 13.3. The summed E-state index contributed by atoms with van der Waals surface area (Å²) < 4.78 is 13.4. The number of hydrogen-bond acceptors (Lipinski definition) is 3. The van der Waals surface area contributed by atoms with E-state index in [0.717, 1.165) is 9.80 Å². The van der Waals surface area contributed by atoms with Gasteiger partial charge in [0.2, 0.25) is 0 Å². The molecule has 1 fully saturated rings. The summed E-state index contributed by atoms with van der Waals surface area (Å²) in [5.74, 6) is -2.29. The Morgan fingerprint density at radius 3 is 2.22 bits per heavy atom. The van der Waals surface area contributed by atoms with Crippen LogP contribution in [0.25, 0.3) is 0 Å². The maximum atomic E-state index is 13.4. The van der Waals surface area contributed by atoms with Gasteiger partial charge in [0.1, 0.15) is 5.82 Å². The summed E-state index contributed by atoms with van der Waals surface area (Å²) in [4.78, 5) is 36.4. The van der Waals surface area contributed by atoms with Crippen LogP contribution in [0.2, 0.25) is 0 Å². The second-order valence-corrected chi connectivity index (χ2v) is 3.81. The number of imide groups is 2. The summed E-state index contributed by atoms with van der Waals surface area (Å²) in [5.41, 5.74) is 0.199. The van der Waals surface area contributed by atoms with E-state index in [1.165, 1.54) is 18.2 Å². The number of nitrogens with zero attached hydrogens (tertiary/aromatic N) is 2. The molecule has 0 aliphatic carbocycles. The lowest BCUT2D eigenvalue weighted by molar-refractivity contribution is -0.143. The first kappa shape index (κ1) is 12.2. The van der Waals surface area contributed by atoms with Crippen LogP contribution in [0.4, 0.5) is 9.18 Å². The van der Waals surface area contributed by atoms with Crippen LogP contribution in [0.5, 0.6) is 0 Å². The third kappa shape index (κ3) is 1.85. The molecule has 5 nitrogen and oxygen atoms in total. The smallest absolute Gasteiger partial charge is 0.263 e. The molecule has 1 heterocycles. The molecule has 1 aromatic carbocycles. The number of carbonyl (C=O) groups excluding carboxylic acids is 3. The first-order chi connectivity index (χ1) is 8.56. The van der Waals surface area contributed by atoms with Crippen LogP contribution in [-0.2, 0) is 16.1 Å². The molecule has 0 unspecified atom stereocenters. The van der Waals surface area contributed by atoms with Gasteiger partial charge in [-0.05, 0) is 13.0 Å². The highest BCUT2D eigenvalue weighted by atomic mass is 19.1. The molecule has 0 aromatic heterocycles. The number of urea groups is 1. The van der Waals surface area contributed by atoms with Gasteiger partial charge in [0.05, 0.1) is 6.54 Å². The Balaban J connectivity index is 2.25. The van der Waals surface area contributed by atoms with Crippen LogP contribution in [0.1, 0.15) is 12.5 Å². The lowest BCUT2D eigenvalue weighted by atomic mass is 10.2. The van der Waals surface area contributed by atoms with Crippen molar-refractivity contribution < 1.29 is 18.8 Å². The van der Waals surface area contributed by atoms with Crippen LogP contribution in [0.15, 0.2) is 24.3 Å². The summed E-state index contributed by atoms with van der Waals surface area (Å²) in [6.45, 7) is 1.49. The minimum absolute atomic E-state index is 0.122. The van der Waals surface area contributed by atoms with E-state index in [4.69, 9.17) is 0 Å². The van der Waals surface area contributed by atoms with Gasteiger partial charge in [0.15, 0.2) is 0 Å². The average Bonchev–Trinajstić information content (AvgIpc) is 2.56. The van der Waals surface area contributed by atoms with Crippen molar-refractivity contribution >= 4 is 17.8 Å². The van der Waals surface area contributed by atoms with E-state index in [2.05, 4.69) is 0 Å². The fourth-order valence-corrected chi connectivity index (χ4v) is 1.77. The molecular formula is C12H11FN2O3. The summed E-state index contributed by atoms with van der Waals surface area (Å²) in [6, 6.07) is 5.11. The second kappa shape index (κ2) is 4.56. The van der Waals surface area contributed by atoms with E-state index in [-0.39, 0.29) is 18.7 Å². The quantitative estimate of drug-likeness (QED) is 0.597. The van der Waals surface area contributed by atoms with Gasteiger partial charge >= 0.3 is 17.8 Å². The van der Waals surface area contributed by atoms with Gasteiger partial charge in [-0.25, -0.2) is 9.18 Å². The Kier molecular flexibility index (Phi) is 3.10. The number of rotatable bonds is 3. The molecule has 18 heavy (non-hydrogen) atoms. The first-order valence-electron chi connectivity index (χ1n) is 5.47. The number of likely N-dealkylation sites (N-methyl/N-ethyl adjacent to an activating group) is 1. The summed E-state index contributed by atoms with van der Waals surface area (Å²) in [7, 11) is 0. The van der Waals surface area contributed by atoms with Crippen molar-refractivity contribution in [2.45, 2.75) is 13.5 Å². The molecule has 0 spiro atoms. The SMILES string of the molecule is CCN1C(=O)C(=O)N(Cc2ccccc2F)C1=O. The molecule has 0 radical (unpaired) electrons. The summed E-state index contributed by atoms with van der Waals surface area (Å²) in [6.07, 6.45) is 0. The Hall–Kier alpha value is -2.24. The predicted octanol–water partition coefficient (Wildman–Crippen LogP) is 1.14. The molecule has 1 aliphatic heterocycles. The highest BCUT2D eigenvalue weighted by Crippen LogP contribution is 2.17. The molecule has 0 N–H and O–H groups in total. The maximum absolute atomic E-state index is 13.4. The minimum Gasteiger partial charge on any atom is -0.263 e. The number of amides is 4. The molecule has 1 aromatic rings. The van der Waals surface area contributed by atoms with E-state index >= 15 is 0 Å². The summed E-state index contributed by atoms with van der Waals surface area (Å²) in [5, 5.41) is 0. The molecular weight excluding hydrogens is 239 g/mol. The Bertz CT molecular complexity index is 530. The molecule has 2 rings (SSSR count). The molecule has 4 amide bonds. The van der Waals surface area contributed by atoms with Gasteiger partial charge in [-0.15, -0.1) is 0 Å². The molecule has 0 bridgehead atoms. The highest BCUT2D eigenvalue weighted by Gasteiger charge is 2.43. The summed E-state index contributed by atoms with van der Waals surface area (Å²) >= 11 is 0. The van der Waals surface area contributed by atoms with Crippen molar-refractivity contribution in [2.24, 2.45) is 0 Å². The number of hydrogen-bond donors (Lipinski definition) is 0. The minimum atomic E-state index is -0.912. The van der Waals surface area contributed by atoms with Crippen molar-refractivity contribution in [3.63, 3.8) is 0 Å². The highest BCUT2D eigenvalue weighted by molar-refractivity contribution is 6.44. The van der Waals surface area contributed by atoms with Gasteiger partial charge in [0.25, 0.3) is 0 Å². The normalized spacial score (nSPS) is 15.8. The number of benzene rings is 1. The van der Waals surface area contributed by atoms with Gasteiger partial charge in [-0.2, -0.15) is 0 Å². The van der Waals surface area contributed by atoms with Crippen LogP contribution in [0, 0.1) is 5.82 Å². The third-order valence-electron chi connectivity index (χ3n) is 2.74. The largest absolute Gasteiger partial charge is 0.334 e. The van der Waals surface area contributed by atoms with Gasteiger partial charge in [-0.3, -0.25) is 19.4 Å². The monoisotopic (exact) mass is 250 g/mol. The third-order valence-corrected chi connectivity index (χ3v) is 2.74.